The van der Waals surface area contributed by atoms with Crippen molar-refractivity contribution >= 4 is 23.4 Å². The molecule has 2 N–H and O–H groups in total. The molecule has 6 nitrogen and oxygen atoms in total. The van der Waals surface area contributed by atoms with Gasteiger partial charge in [-0.2, -0.15) is 0 Å². The number of anilines is 2. The van der Waals surface area contributed by atoms with Gasteiger partial charge in [-0.1, -0.05) is 13.8 Å². The Morgan fingerprint density at radius 1 is 1.12 bits per heavy atom. The van der Waals surface area contributed by atoms with Crippen LogP contribution in [0, 0.1) is 5.92 Å². The Balaban J connectivity index is 2.77. The van der Waals surface area contributed by atoms with Gasteiger partial charge in [-0.15, -0.1) is 0 Å². The van der Waals surface area contributed by atoms with Gasteiger partial charge in [0.15, 0.2) is 0 Å². The summed E-state index contributed by atoms with van der Waals surface area (Å²) in [5.74, 6) is -0.000957. The molecule has 1 rings (SSSR count). The fourth-order valence-corrected chi connectivity index (χ4v) is 2.23. The van der Waals surface area contributed by atoms with Gasteiger partial charge >= 0.3 is 6.09 Å². The van der Waals surface area contributed by atoms with Gasteiger partial charge in [0.25, 0.3) is 0 Å². The minimum Gasteiger partial charge on any atom is -0.444 e. The average Bonchev–Trinajstić information content (AvgIpc) is 2.44. The van der Waals surface area contributed by atoms with E-state index in [1.54, 1.807) is 20.8 Å². The first-order chi connectivity index (χ1) is 11.5. The first-order valence-electron chi connectivity index (χ1n) is 8.55. The maximum Gasteiger partial charge on any atom is 0.408 e. The van der Waals surface area contributed by atoms with Crippen LogP contribution in [0.5, 0.6) is 0 Å². The predicted molar refractivity (Wildman–Crippen MR) is 102 cm³/mol. The van der Waals surface area contributed by atoms with E-state index < -0.39 is 17.7 Å². The van der Waals surface area contributed by atoms with E-state index in [4.69, 9.17) is 4.74 Å². The second-order valence-corrected chi connectivity index (χ2v) is 7.76. The van der Waals surface area contributed by atoms with E-state index in [9.17, 15) is 9.59 Å². The molecule has 0 spiro atoms. The molecule has 25 heavy (non-hydrogen) atoms. The minimum absolute atomic E-state index is 0.252. The van der Waals surface area contributed by atoms with Crippen molar-refractivity contribution in [3.63, 3.8) is 0 Å². The lowest BCUT2D eigenvalue weighted by Gasteiger charge is -2.24. The number of hydrogen-bond donors (Lipinski definition) is 2. The molecule has 0 aliphatic rings. The highest BCUT2D eigenvalue weighted by molar-refractivity contribution is 5.96. The number of ether oxygens (including phenoxy) is 1. The molecular weight excluding hydrogens is 318 g/mol. The molecule has 1 aromatic carbocycles. The Kier molecular flexibility index (Phi) is 7.27. The monoisotopic (exact) mass is 349 g/mol. The zero-order chi connectivity index (χ0) is 19.2. The van der Waals surface area contributed by atoms with Crippen LogP contribution < -0.4 is 15.5 Å². The molecule has 0 radical (unpaired) electrons. The molecule has 1 atom stereocenters. The summed E-state index contributed by atoms with van der Waals surface area (Å²) in [5, 5.41) is 5.53. The molecule has 0 saturated carbocycles. The molecule has 0 heterocycles. The third kappa shape index (κ3) is 7.92. The third-order valence-corrected chi connectivity index (χ3v) is 3.37. The van der Waals surface area contributed by atoms with E-state index in [0.29, 0.717) is 12.1 Å². The smallest absolute Gasteiger partial charge is 0.408 e. The van der Waals surface area contributed by atoms with Crippen molar-refractivity contribution in [3.05, 3.63) is 24.3 Å². The van der Waals surface area contributed by atoms with Crippen molar-refractivity contribution in [2.24, 2.45) is 5.92 Å². The highest BCUT2D eigenvalue weighted by atomic mass is 16.6. The summed E-state index contributed by atoms with van der Waals surface area (Å²) in [5.41, 5.74) is 1.13. The number of hydrogen-bond acceptors (Lipinski definition) is 4. The van der Waals surface area contributed by atoms with Gasteiger partial charge in [0.2, 0.25) is 5.91 Å². The van der Waals surface area contributed by atoms with Crippen molar-refractivity contribution in [3.8, 4) is 0 Å². The van der Waals surface area contributed by atoms with E-state index in [-0.39, 0.29) is 11.8 Å². The first-order valence-corrected chi connectivity index (χ1v) is 8.55. The quantitative estimate of drug-likeness (QED) is 0.823. The van der Waals surface area contributed by atoms with Gasteiger partial charge in [-0.05, 0) is 57.4 Å². The van der Waals surface area contributed by atoms with Gasteiger partial charge in [-0.3, -0.25) is 4.79 Å². The molecule has 140 valence electrons. The number of amides is 2. The maximum absolute atomic E-state index is 12.6. The standard InChI is InChI=1S/C19H31N3O3/c1-13(2)12-16(21-18(24)25-19(3,4)5)17(23)20-14-8-10-15(11-9-14)22(6)7/h8-11,13,16H,12H2,1-7H3,(H,20,23)(H,21,24). The summed E-state index contributed by atoms with van der Waals surface area (Å²) in [6.45, 7) is 9.37. The second kappa shape index (κ2) is 8.74. The van der Waals surface area contributed by atoms with Gasteiger partial charge in [-0.25, -0.2) is 4.79 Å². The summed E-state index contributed by atoms with van der Waals surface area (Å²) >= 11 is 0. The van der Waals surface area contributed by atoms with Crippen LogP contribution in [0.3, 0.4) is 0 Å². The molecule has 0 fully saturated rings. The zero-order valence-corrected chi connectivity index (χ0v) is 16.3. The summed E-state index contributed by atoms with van der Waals surface area (Å²) in [6.07, 6.45) is -0.0582. The van der Waals surface area contributed by atoms with Crippen LogP contribution >= 0.6 is 0 Å². The molecule has 0 bridgehead atoms. The molecule has 1 aromatic rings. The maximum atomic E-state index is 12.6. The lowest BCUT2D eigenvalue weighted by atomic mass is 10.0. The Hall–Kier alpha value is -2.24. The number of rotatable bonds is 6. The molecule has 2 amide bonds. The van der Waals surface area contributed by atoms with Gasteiger partial charge in [0, 0.05) is 25.5 Å². The van der Waals surface area contributed by atoms with Crippen LogP contribution in [0.25, 0.3) is 0 Å². The van der Waals surface area contributed by atoms with Crippen LogP contribution in [0.4, 0.5) is 16.2 Å². The topological polar surface area (TPSA) is 70.7 Å². The summed E-state index contributed by atoms with van der Waals surface area (Å²) < 4.78 is 5.26. The molecule has 0 saturated heterocycles. The van der Waals surface area contributed by atoms with Gasteiger partial charge < -0.3 is 20.3 Å². The van der Waals surface area contributed by atoms with Crippen LogP contribution in [-0.4, -0.2) is 37.7 Å². The number of nitrogens with zero attached hydrogens (tertiary/aromatic N) is 1. The number of carbonyl (C=O) groups is 2. The lowest BCUT2D eigenvalue weighted by molar-refractivity contribution is -0.118. The second-order valence-electron chi connectivity index (χ2n) is 7.76. The van der Waals surface area contributed by atoms with E-state index >= 15 is 0 Å². The average molecular weight is 349 g/mol. The summed E-state index contributed by atoms with van der Waals surface area (Å²) in [7, 11) is 3.91. The Morgan fingerprint density at radius 3 is 2.12 bits per heavy atom. The highest BCUT2D eigenvalue weighted by Crippen LogP contribution is 2.17. The normalized spacial score (nSPS) is 12.5. The molecule has 0 aliphatic carbocycles. The number of benzene rings is 1. The largest absolute Gasteiger partial charge is 0.444 e. The highest BCUT2D eigenvalue weighted by Gasteiger charge is 2.25. The van der Waals surface area contributed by atoms with Crippen LogP contribution in [-0.2, 0) is 9.53 Å². The Labute approximate surface area is 150 Å². The lowest BCUT2D eigenvalue weighted by Crippen LogP contribution is -2.46. The van der Waals surface area contributed by atoms with Crippen molar-refractivity contribution in [2.75, 3.05) is 24.3 Å². The third-order valence-electron chi connectivity index (χ3n) is 3.37. The van der Waals surface area contributed by atoms with Crippen LogP contribution in [0.1, 0.15) is 41.0 Å². The van der Waals surface area contributed by atoms with Crippen molar-refractivity contribution in [1.82, 2.24) is 5.32 Å². The molecular formula is C19H31N3O3. The van der Waals surface area contributed by atoms with Crippen molar-refractivity contribution < 1.29 is 14.3 Å². The molecule has 1 unspecified atom stereocenters. The summed E-state index contributed by atoms with van der Waals surface area (Å²) in [6, 6.07) is 6.88. The van der Waals surface area contributed by atoms with Gasteiger partial charge in [0.1, 0.15) is 11.6 Å². The number of alkyl carbamates (subject to hydrolysis) is 1. The minimum atomic E-state index is -0.650. The predicted octanol–water partition coefficient (Wildman–Crippen LogP) is 3.63. The number of nitrogens with one attached hydrogen (secondary N) is 2. The van der Waals surface area contributed by atoms with Crippen LogP contribution in [0.15, 0.2) is 24.3 Å². The molecule has 0 aliphatic heterocycles. The zero-order valence-electron chi connectivity index (χ0n) is 16.3. The number of carbonyl (C=O) groups excluding carboxylic acids is 2. The van der Waals surface area contributed by atoms with E-state index in [0.717, 1.165) is 5.69 Å². The van der Waals surface area contributed by atoms with E-state index in [2.05, 4.69) is 10.6 Å². The fraction of sp³-hybridized carbons (Fsp3) is 0.579. The van der Waals surface area contributed by atoms with E-state index in [1.165, 1.54) is 0 Å². The molecule has 6 heteroatoms. The first kappa shape index (κ1) is 20.8. The van der Waals surface area contributed by atoms with Crippen molar-refractivity contribution in [2.45, 2.75) is 52.7 Å². The Morgan fingerprint density at radius 2 is 1.68 bits per heavy atom. The fourth-order valence-electron chi connectivity index (χ4n) is 2.23. The summed E-state index contributed by atoms with van der Waals surface area (Å²) in [4.78, 5) is 26.6. The van der Waals surface area contributed by atoms with Crippen molar-refractivity contribution in [1.29, 1.82) is 0 Å². The van der Waals surface area contributed by atoms with Gasteiger partial charge in [0.05, 0.1) is 0 Å². The molecule has 0 aromatic heterocycles. The SMILES string of the molecule is CC(C)CC(NC(=O)OC(C)(C)C)C(=O)Nc1ccc(N(C)C)cc1. The Bertz CT molecular complexity index is 575. The van der Waals surface area contributed by atoms with Crippen LogP contribution in [0.2, 0.25) is 0 Å². The van der Waals surface area contributed by atoms with E-state index in [1.807, 2.05) is 57.1 Å².